The topological polar surface area (TPSA) is 70.8 Å². The van der Waals surface area contributed by atoms with Crippen LogP contribution in [0, 0.1) is 5.92 Å². The summed E-state index contributed by atoms with van der Waals surface area (Å²) in [6, 6.07) is 0. The van der Waals surface area contributed by atoms with E-state index in [1.807, 2.05) is 0 Å². The molecular formula is C12H23NO4. The van der Waals surface area contributed by atoms with Gasteiger partial charge in [-0.25, -0.2) is 0 Å². The Labute approximate surface area is 103 Å². The summed E-state index contributed by atoms with van der Waals surface area (Å²) < 4.78 is 15.7. The van der Waals surface area contributed by atoms with Gasteiger partial charge in [0.05, 0.1) is 19.8 Å². The third kappa shape index (κ3) is 5.02. The molecular weight excluding hydrogens is 222 g/mol. The Bertz CT molecular complexity index is 237. The fourth-order valence-corrected chi connectivity index (χ4v) is 1.65. The van der Waals surface area contributed by atoms with E-state index in [4.69, 9.17) is 19.9 Å². The highest BCUT2D eigenvalue weighted by Crippen LogP contribution is 2.13. The van der Waals surface area contributed by atoms with Crippen molar-refractivity contribution in [2.45, 2.75) is 32.2 Å². The molecule has 2 atom stereocenters. The van der Waals surface area contributed by atoms with E-state index >= 15 is 0 Å². The summed E-state index contributed by atoms with van der Waals surface area (Å²) in [7, 11) is 0. The van der Waals surface area contributed by atoms with E-state index in [0.29, 0.717) is 32.2 Å². The van der Waals surface area contributed by atoms with Gasteiger partial charge in [0.15, 0.2) is 0 Å². The van der Waals surface area contributed by atoms with E-state index in [-0.39, 0.29) is 5.97 Å². The lowest BCUT2D eigenvalue weighted by Gasteiger charge is -2.22. The van der Waals surface area contributed by atoms with Crippen molar-refractivity contribution < 1.29 is 19.0 Å². The van der Waals surface area contributed by atoms with Crippen molar-refractivity contribution in [3.8, 4) is 0 Å². The zero-order valence-electron chi connectivity index (χ0n) is 10.7. The number of carbonyl (C=O) groups excluding carboxylic acids is 1. The fraction of sp³-hybridized carbons (Fsp3) is 0.917. The molecule has 5 heteroatoms. The zero-order chi connectivity index (χ0) is 12.7. The molecule has 0 aromatic rings. The third-order valence-electron chi connectivity index (χ3n) is 2.89. The summed E-state index contributed by atoms with van der Waals surface area (Å²) in [5.41, 5.74) is 4.91. The van der Waals surface area contributed by atoms with Crippen molar-refractivity contribution in [3.63, 3.8) is 0 Å². The van der Waals surface area contributed by atoms with Crippen LogP contribution >= 0.6 is 0 Å². The van der Waals surface area contributed by atoms with Gasteiger partial charge in [0.2, 0.25) is 0 Å². The van der Waals surface area contributed by atoms with Crippen molar-refractivity contribution in [2.75, 3.05) is 33.0 Å². The Morgan fingerprint density at radius 1 is 1.59 bits per heavy atom. The molecule has 0 aromatic carbocycles. The third-order valence-corrected chi connectivity index (χ3v) is 2.89. The average molecular weight is 245 g/mol. The Hall–Kier alpha value is -0.650. The first-order chi connectivity index (χ1) is 8.06. The molecule has 100 valence electrons. The molecule has 0 aliphatic carbocycles. The van der Waals surface area contributed by atoms with E-state index in [9.17, 15) is 4.79 Å². The maximum Gasteiger partial charge on any atom is 0.325 e. The van der Waals surface area contributed by atoms with Gasteiger partial charge in [-0.1, -0.05) is 0 Å². The summed E-state index contributed by atoms with van der Waals surface area (Å²) in [6.07, 6.45) is 1.52. The minimum absolute atomic E-state index is 0.353. The van der Waals surface area contributed by atoms with Crippen molar-refractivity contribution in [1.29, 1.82) is 0 Å². The molecule has 1 rings (SSSR count). The first-order valence-corrected chi connectivity index (χ1v) is 6.18. The number of rotatable bonds is 7. The van der Waals surface area contributed by atoms with Gasteiger partial charge >= 0.3 is 5.97 Å². The summed E-state index contributed by atoms with van der Waals surface area (Å²) in [6.45, 7) is 6.55. The van der Waals surface area contributed by atoms with Gasteiger partial charge in [0.1, 0.15) is 5.54 Å². The van der Waals surface area contributed by atoms with Crippen LogP contribution in [0.5, 0.6) is 0 Å². The second kappa shape index (κ2) is 6.93. The molecule has 0 saturated carbocycles. The molecule has 0 radical (unpaired) electrons. The van der Waals surface area contributed by atoms with E-state index < -0.39 is 5.54 Å². The van der Waals surface area contributed by atoms with Gasteiger partial charge in [0, 0.05) is 19.1 Å². The quantitative estimate of drug-likeness (QED) is 0.528. The number of hydrogen-bond acceptors (Lipinski definition) is 5. The summed E-state index contributed by atoms with van der Waals surface area (Å²) in [5.74, 6) is 0.120. The van der Waals surface area contributed by atoms with Crippen LogP contribution in [-0.2, 0) is 19.0 Å². The first-order valence-electron chi connectivity index (χ1n) is 6.18. The predicted octanol–water partition coefficient (Wildman–Crippen LogP) is 0.710. The second-order valence-corrected chi connectivity index (χ2v) is 4.69. The van der Waals surface area contributed by atoms with Crippen LogP contribution < -0.4 is 5.73 Å². The summed E-state index contributed by atoms with van der Waals surface area (Å²) >= 11 is 0. The molecule has 0 bridgehead atoms. The fourth-order valence-electron chi connectivity index (χ4n) is 1.65. The Morgan fingerprint density at radius 2 is 2.35 bits per heavy atom. The second-order valence-electron chi connectivity index (χ2n) is 4.69. The monoisotopic (exact) mass is 245 g/mol. The normalized spacial score (nSPS) is 23.4. The first kappa shape index (κ1) is 14.4. The Kier molecular flexibility index (Phi) is 5.88. The standard InChI is InChI=1S/C12H23NO4/c1-3-17-11(14)12(2,13)5-7-16-9-10-4-6-15-8-10/h10H,3-9,13H2,1-2H3. The van der Waals surface area contributed by atoms with Crippen molar-refractivity contribution >= 4 is 5.97 Å². The van der Waals surface area contributed by atoms with Crippen LogP contribution in [-0.4, -0.2) is 44.5 Å². The molecule has 1 heterocycles. The number of nitrogens with two attached hydrogens (primary N) is 1. The van der Waals surface area contributed by atoms with E-state index in [2.05, 4.69) is 0 Å². The molecule has 17 heavy (non-hydrogen) atoms. The van der Waals surface area contributed by atoms with E-state index in [1.54, 1.807) is 13.8 Å². The molecule has 5 nitrogen and oxygen atoms in total. The lowest BCUT2D eigenvalue weighted by atomic mass is 10.0. The smallest absolute Gasteiger partial charge is 0.325 e. The predicted molar refractivity (Wildman–Crippen MR) is 63.6 cm³/mol. The average Bonchev–Trinajstić information content (AvgIpc) is 2.77. The number of esters is 1. The van der Waals surface area contributed by atoms with Crippen molar-refractivity contribution in [3.05, 3.63) is 0 Å². The molecule has 0 spiro atoms. The van der Waals surface area contributed by atoms with Crippen LogP contribution in [0.1, 0.15) is 26.7 Å². The van der Waals surface area contributed by atoms with E-state index in [0.717, 1.165) is 19.6 Å². The van der Waals surface area contributed by atoms with Crippen LogP contribution in [0.2, 0.25) is 0 Å². The highest BCUT2D eigenvalue weighted by molar-refractivity contribution is 5.79. The van der Waals surface area contributed by atoms with Gasteiger partial charge < -0.3 is 19.9 Å². The highest BCUT2D eigenvalue weighted by atomic mass is 16.5. The molecule has 0 amide bonds. The Morgan fingerprint density at radius 3 is 2.94 bits per heavy atom. The van der Waals surface area contributed by atoms with Crippen molar-refractivity contribution in [1.82, 2.24) is 0 Å². The summed E-state index contributed by atoms with van der Waals surface area (Å²) in [5, 5.41) is 0. The lowest BCUT2D eigenvalue weighted by Crippen LogP contribution is -2.47. The van der Waals surface area contributed by atoms with Crippen LogP contribution in [0.3, 0.4) is 0 Å². The minimum Gasteiger partial charge on any atom is -0.465 e. The van der Waals surface area contributed by atoms with Crippen molar-refractivity contribution in [2.24, 2.45) is 11.7 Å². The Balaban J connectivity index is 2.13. The lowest BCUT2D eigenvalue weighted by molar-refractivity contribution is -0.149. The highest BCUT2D eigenvalue weighted by Gasteiger charge is 2.29. The van der Waals surface area contributed by atoms with Gasteiger partial charge in [-0.2, -0.15) is 0 Å². The molecule has 2 N–H and O–H groups in total. The minimum atomic E-state index is -0.956. The van der Waals surface area contributed by atoms with E-state index in [1.165, 1.54) is 0 Å². The summed E-state index contributed by atoms with van der Waals surface area (Å²) in [4.78, 5) is 11.5. The molecule has 1 saturated heterocycles. The maximum atomic E-state index is 11.5. The van der Waals surface area contributed by atoms with Crippen LogP contribution in [0.4, 0.5) is 0 Å². The number of hydrogen-bond donors (Lipinski definition) is 1. The molecule has 1 aliphatic rings. The zero-order valence-corrected chi connectivity index (χ0v) is 10.7. The molecule has 1 fully saturated rings. The maximum absolute atomic E-state index is 11.5. The van der Waals surface area contributed by atoms with Gasteiger partial charge in [0.25, 0.3) is 0 Å². The molecule has 0 aromatic heterocycles. The SMILES string of the molecule is CCOC(=O)C(C)(N)CCOCC1CCOC1. The van der Waals surface area contributed by atoms with Gasteiger partial charge in [-0.3, -0.25) is 4.79 Å². The number of carbonyl (C=O) groups is 1. The van der Waals surface area contributed by atoms with Gasteiger partial charge in [-0.05, 0) is 26.7 Å². The van der Waals surface area contributed by atoms with Crippen LogP contribution in [0.25, 0.3) is 0 Å². The molecule has 1 aliphatic heterocycles. The molecule has 2 unspecified atom stereocenters. The largest absolute Gasteiger partial charge is 0.465 e. The van der Waals surface area contributed by atoms with Crippen LogP contribution in [0.15, 0.2) is 0 Å². The van der Waals surface area contributed by atoms with Gasteiger partial charge in [-0.15, -0.1) is 0 Å². The number of ether oxygens (including phenoxy) is 3.